The number of rotatable bonds is 11. The van der Waals surface area contributed by atoms with E-state index in [2.05, 4.69) is 4.98 Å². The number of hydrogen-bond acceptors (Lipinski definition) is 7. The summed E-state index contributed by atoms with van der Waals surface area (Å²) in [5, 5.41) is 20.8. The van der Waals surface area contributed by atoms with Crippen molar-refractivity contribution in [2.45, 2.75) is 30.5 Å². The number of carbonyl (C=O) groups excluding carboxylic acids is 1. The van der Waals surface area contributed by atoms with Crippen molar-refractivity contribution in [2.75, 3.05) is 18.6 Å². The third-order valence-corrected chi connectivity index (χ3v) is 9.70. The molecule has 0 unspecified atom stereocenters. The minimum Gasteiger partial charge on any atom is -0.495 e. The Morgan fingerprint density at radius 2 is 1.48 bits per heavy atom. The second-order valence-electron chi connectivity index (χ2n) is 11.2. The quantitative estimate of drug-likeness (QED) is 0.0697. The van der Waals surface area contributed by atoms with Gasteiger partial charge in [-0.2, -0.15) is 17.5 Å². The van der Waals surface area contributed by atoms with E-state index >= 15 is 0 Å². The van der Waals surface area contributed by atoms with Gasteiger partial charge in [0, 0.05) is 24.5 Å². The molecule has 0 aliphatic heterocycles. The van der Waals surface area contributed by atoms with E-state index < -0.39 is 93.1 Å². The Hall–Kier alpha value is -5.17. The lowest BCUT2D eigenvalue weighted by molar-refractivity contribution is -0.138. The SMILES string of the molecule is COc1cc(C(O)O)ccc1N(Cc1ccc2ccccc2c1)C(=O)CN(Cc1cnccc1C(F)(F)F)S(=O)(=O)c1c(F)c(F)c(F)c(F)c1F. The summed E-state index contributed by atoms with van der Waals surface area (Å²) in [5.41, 5.74) is -2.25. The van der Waals surface area contributed by atoms with E-state index in [0.717, 1.165) is 29.5 Å². The minimum atomic E-state index is -6.03. The van der Waals surface area contributed by atoms with Gasteiger partial charge in [0.15, 0.2) is 34.5 Å². The smallest absolute Gasteiger partial charge is 0.416 e. The summed E-state index contributed by atoms with van der Waals surface area (Å²) in [6.07, 6.45) is -5.87. The molecule has 4 aromatic carbocycles. The number of benzene rings is 4. The van der Waals surface area contributed by atoms with Crippen LogP contribution in [0.3, 0.4) is 0 Å². The molecular formula is C34H25F8N3O6S. The maximum Gasteiger partial charge on any atom is 0.416 e. The van der Waals surface area contributed by atoms with E-state index in [0.29, 0.717) is 29.4 Å². The van der Waals surface area contributed by atoms with Gasteiger partial charge in [0.2, 0.25) is 21.7 Å². The number of ether oxygens (including phenoxy) is 1. The highest BCUT2D eigenvalue weighted by atomic mass is 32.2. The largest absolute Gasteiger partial charge is 0.495 e. The maximum absolute atomic E-state index is 15.0. The number of aliphatic hydroxyl groups excluding tert-OH is 1. The van der Waals surface area contributed by atoms with E-state index in [1.165, 1.54) is 6.07 Å². The van der Waals surface area contributed by atoms with Crippen molar-refractivity contribution in [2.24, 2.45) is 0 Å². The lowest BCUT2D eigenvalue weighted by Gasteiger charge is -2.29. The number of anilines is 1. The predicted molar refractivity (Wildman–Crippen MR) is 168 cm³/mol. The van der Waals surface area contributed by atoms with Gasteiger partial charge in [-0.15, -0.1) is 0 Å². The fourth-order valence-corrected chi connectivity index (χ4v) is 6.81. The summed E-state index contributed by atoms with van der Waals surface area (Å²) in [4.78, 5) is 16.3. The van der Waals surface area contributed by atoms with Gasteiger partial charge in [0.1, 0.15) is 5.75 Å². The van der Waals surface area contributed by atoms with E-state index in [4.69, 9.17) is 4.74 Å². The van der Waals surface area contributed by atoms with Gasteiger partial charge in [-0.1, -0.05) is 42.5 Å². The molecule has 0 bridgehead atoms. The second-order valence-corrected chi connectivity index (χ2v) is 13.0. The molecule has 0 spiro atoms. The fourth-order valence-electron chi connectivity index (χ4n) is 5.33. The summed E-state index contributed by atoms with van der Waals surface area (Å²) >= 11 is 0. The van der Waals surface area contributed by atoms with Crippen molar-refractivity contribution < 1.29 is 63.3 Å². The van der Waals surface area contributed by atoms with Crippen LogP contribution in [0.2, 0.25) is 0 Å². The molecule has 1 heterocycles. The van der Waals surface area contributed by atoms with Crippen molar-refractivity contribution in [3.8, 4) is 5.75 Å². The number of carbonyl (C=O) groups is 1. The van der Waals surface area contributed by atoms with Crippen LogP contribution in [-0.4, -0.2) is 47.5 Å². The summed E-state index contributed by atoms with van der Waals surface area (Å²) < 4.78 is 147. The zero-order chi connectivity index (χ0) is 38.1. The first-order valence-electron chi connectivity index (χ1n) is 14.8. The number of aliphatic hydroxyl groups is 2. The van der Waals surface area contributed by atoms with Gasteiger partial charge in [0.05, 0.1) is 31.5 Å². The normalized spacial score (nSPS) is 12.2. The number of alkyl halides is 3. The molecular weight excluding hydrogens is 730 g/mol. The van der Waals surface area contributed by atoms with Crippen LogP contribution in [0.25, 0.3) is 10.8 Å². The van der Waals surface area contributed by atoms with Crippen molar-refractivity contribution in [3.05, 3.63) is 130 Å². The number of fused-ring (bicyclic) bond motifs is 1. The number of sulfonamides is 1. The van der Waals surface area contributed by atoms with Crippen LogP contribution >= 0.6 is 0 Å². The third kappa shape index (κ3) is 7.55. The number of nitrogens with zero attached hydrogens (tertiary/aromatic N) is 3. The molecule has 0 radical (unpaired) electrons. The first kappa shape index (κ1) is 38.1. The molecule has 2 N–H and O–H groups in total. The lowest BCUT2D eigenvalue weighted by Crippen LogP contribution is -2.43. The monoisotopic (exact) mass is 755 g/mol. The van der Waals surface area contributed by atoms with Crippen LogP contribution in [0.4, 0.5) is 40.8 Å². The van der Waals surface area contributed by atoms with Gasteiger partial charge >= 0.3 is 6.18 Å². The Bertz CT molecular complexity index is 2240. The molecule has 0 aliphatic rings. The zero-order valence-electron chi connectivity index (χ0n) is 26.5. The molecule has 1 aromatic heterocycles. The Balaban J connectivity index is 1.68. The Labute approximate surface area is 290 Å². The molecule has 274 valence electrons. The number of methoxy groups -OCH3 is 1. The minimum absolute atomic E-state index is 0.106. The van der Waals surface area contributed by atoms with Crippen LogP contribution in [0.15, 0.2) is 84.0 Å². The summed E-state index contributed by atoms with van der Waals surface area (Å²) in [6, 6.07) is 15.9. The summed E-state index contributed by atoms with van der Waals surface area (Å²) in [7, 11) is -4.89. The number of amides is 1. The third-order valence-electron chi connectivity index (χ3n) is 7.88. The summed E-state index contributed by atoms with van der Waals surface area (Å²) in [5.74, 6) is -15.1. The van der Waals surface area contributed by atoms with Gasteiger partial charge in [-0.05, 0) is 46.2 Å². The van der Waals surface area contributed by atoms with Crippen LogP contribution in [-0.2, 0) is 34.1 Å². The zero-order valence-corrected chi connectivity index (χ0v) is 27.3. The van der Waals surface area contributed by atoms with Gasteiger partial charge in [-0.3, -0.25) is 9.78 Å². The number of halogens is 8. The second kappa shape index (κ2) is 14.8. The van der Waals surface area contributed by atoms with Gasteiger partial charge in [0.25, 0.3) is 0 Å². The van der Waals surface area contributed by atoms with Crippen molar-refractivity contribution >= 4 is 32.4 Å². The number of hydrogen-bond donors (Lipinski definition) is 2. The van der Waals surface area contributed by atoms with Crippen molar-refractivity contribution in [1.82, 2.24) is 9.29 Å². The van der Waals surface area contributed by atoms with Crippen LogP contribution < -0.4 is 9.64 Å². The van der Waals surface area contributed by atoms with Gasteiger partial charge in [-0.25, -0.2) is 30.4 Å². The average Bonchev–Trinajstić information content (AvgIpc) is 3.11. The number of pyridine rings is 1. The highest BCUT2D eigenvalue weighted by Gasteiger charge is 2.41. The molecule has 0 saturated heterocycles. The predicted octanol–water partition coefficient (Wildman–Crippen LogP) is 6.37. The Morgan fingerprint density at radius 3 is 2.10 bits per heavy atom. The molecule has 5 rings (SSSR count). The van der Waals surface area contributed by atoms with E-state index in [-0.39, 0.29) is 21.3 Å². The van der Waals surface area contributed by atoms with Crippen LogP contribution in [0.1, 0.15) is 28.5 Å². The molecule has 1 amide bonds. The molecule has 0 aliphatic carbocycles. The van der Waals surface area contributed by atoms with Crippen LogP contribution in [0, 0.1) is 29.1 Å². The molecule has 5 aromatic rings. The highest BCUT2D eigenvalue weighted by molar-refractivity contribution is 7.89. The average molecular weight is 756 g/mol. The van der Waals surface area contributed by atoms with E-state index in [9.17, 15) is 58.5 Å². The Kier molecular flexibility index (Phi) is 10.9. The Morgan fingerprint density at radius 1 is 0.846 bits per heavy atom. The van der Waals surface area contributed by atoms with Crippen molar-refractivity contribution in [1.29, 1.82) is 0 Å². The molecule has 18 heteroatoms. The van der Waals surface area contributed by atoms with Crippen molar-refractivity contribution in [3.63, 3.8) is 0 Å². The molecule has 52 heavy (non-hydrogen) atoms. The summed E-state index contributed by atoms with van der Waals surface area (Å²) in [6.45, 7) is -3.42. The maximum atomic E-state index is 15.0. The highest BCUT2D eigenvalue weighted by Crippen LogP contribution is 2.36. The molecule has 9 nitrogen and oxygen atoms in total. The lowest BCUT2D eigenvalue weighted by atomic mass is 10.1. The fraction of sp³-hybridized carbons (Fsp3) is 0.176. The van der Waals surface area contributed by atoms with Crippen LogP contribution in [0.5, 0.6) is 5.75 Å². The number of aromatic nitrogens is 1. The molecule has 0 fully saturated rings. The van der Waals surface area contributed by atoms with Gasteiger partial charge < -0.3 is 19.8 Å². The van der Waals surface area contributed by atoms with E-state index in [1.807, 2.05) is 0 Å². The standard InChI is InChI=1S/C34H25F8N3O6S/c1-51-25-13-21(33(47)48)8-9-24(25)45(15-18-6-7-19-4-2-3-5-20(19)12-18)26(46)17-44(16-22-14-43-11-10-23(22)34(40,41)42)52(49,50)32-30(38)28(36)27(35)29(37)31(32)39/h2-14,33,47-48H,15-17H2,1H3. The first-order valence-corrected chi connectivity index (χ1v) is 16.2. The topological polar surface area (TPSA) is 120 Å². The molecule has 0 atom stereocenters. The molecule has 0 saturated carbocycles. The van der Waals surface area contributed by atoms with E-state index in [1.54, 1.807) is 42.5 Å². The first-order chi connectivity index (χ1) is 24.4.